The predicted octanol–water partition coefficient (Wildman–Crippen LogP) is 2.03. The van der Waals surface area contributed by atoms with Gasteiger partial charge in [-0.15, -0.1) is 0 Å². The van der Waals surface area contributed by atoms with E-state index in [1.807, 2.05) is 10.9 Å². The first-order chi connectivity index (χ1) is 7.20. The van der Waals surface area contributed by atoms with Gasteiger partial charge in [-0.25, -0.2) is 4.79 Å². The first-order valence-corrected chi connectivity index (χ1v) is 5.34. The normalized spacial score (nSPS) is 25.5. The molecule has 0 spiro atoms. The van der Waals surface area contributed by atoms with E-state index < -0.39 is 0 Å². The molecule has 1 aromatic heterocycles. The van der Waals surface area contributed by atoms with Crippen LogP contribution in [0.1, 0.15) is 42.7 Å². The average Bonchev–Trinajstić information content (AvgIpc) is 2.84. The van der Waals surface area contributed by atoms with Crippen LogP contribution in [-0.4, -0.2) is 22.9 Å². The molecule has 1 heterocycles. The monoisotopic (exact) mass is 208 g/mol. The molecule has 1 aliphatic carbocycles. The van der Waals surface area contributed by atoms with E-state index >= 15 is 0 Å². The fourth-order valence-electron chi connectivity index (χ4n) is 2.17. The number of hydrogen-bond acceptors (Lipinski definition) is 3. The van der Waals surface area contributed by atoms with Gasteiger partial charge in [-0.3, -0.25) is 4.68 Å². The third kappa shape index (κ3) is 2.03. The van der Waals surface area contributed by atoms with E-state index in [2.05, 4.69) is 16.8 Å². The van der Waals surface area contributed by atoms with E-state index in [0.29, 0.717) is 11.7 Å². The summed E-state index contributed by atoms with van der Waals surface area (Å²) in [6.45, 7) is 2.25. The van der Waals surface area contributed by atoms with Crippen LogP contribution in [0.2, 0.25) is 0 Å². The Morgan fingerprint density at radius 1 is 1.60 bits per heavy atom. The van der Waals surface area contributed by atoms with E-state index in [1.165, 1.54) is 13.5 Å². The van der Waals surface area contributed by atoms with Crippen molar-refractivity contribution in [3.05, 3.63) is 18.0 Å². The molecule has 2 unspecified atom stereocenters. The fraction of sp³-hybridized carbons (Fsp3) is 0.636. The maximum atomic E-state index is 11.2. The van der Waals surface area contributed by atoms with E-state index in [1.54, 1.807) is 6.07 Å². The van der Waals surface area contributed by atoms with Crippen LogP contribution in [0.3, 0.4) is 0 Å². The van der Waals surface area contributed by atoms with Crippen molar-refractivity contribution in [2.75, 3.05) is 7.11 Å². The highest BCUT2D eigenvalue weighted by atomic mass is 16.5. The maximum Gasteiger partial charge on any atom is 0.358 e. The van der Waals surface area contributed by atoms with Gasteiger partial charge in [0.05, 0.1) is 13.2 Å². The van der Waals surface area contributed by atoms with Gasteiger partial charge >= 0.3 is 5.97 Å². The molecular weight excluding hydrogens is 192 g/mol. The van der Waals surface area contributed by atoms with Crippen molar-refractivity contribution in [1.29, 1.82) is 0 Å². The first kappa shape index (κ1) is 10.2. The lowest BCUT2D eigenvalue weighted by Crippen LogP contribution is -2.09. The highest BCUT2D eigenvalue weighted by molar-refractivity contribution is 5.86. The molecule has 2 atom stereocenters. The number of methoxy groups -OCH3 is 1. The molecule has 15 heavy (non-hydrogen) atoms. The van der Waals surface area contributed by atoms with Crippen LogP contribution in [0, 0.1) is 5.92 Å². The van der Waals surface area contributed by atoms with Gasteiger partial charge in [0, 0.05) is 6.20 Å². The molecule has 4 heteroatoms. The summed E-state index contributed by atoms with van der Waals surface area (Å²) in [5.41, 5.74) is 0.400. The number of carbonyl (C=O) groups excluding carboxylic acids is 1. The van der Waals surface area contributed by atoms with Gasteiger partial charge in [-0.1, -0.05) is 6.92 Å². The summed E-state index contributed by atoms with van der Waals surface area (Å²) >= 11 is 0. The third-order valence-corrected chi connectivity index (χ3v) is 3.04. The molecule has 0 bridgehead atoms. The van der Waals surface area contributed by atoms with Crippen molar-refractivity contribution in [2.24, 2.45) is 5.92 Å². The van der Waals surface area contributed by atoms with Crippen molar-refractivity contribution in [1.82, 2.24) is 9.78 Å². The SMILES string of the molecule is COC(=O)c1ccn(C2CCC(C)C2)n1. The van der Waals surface area contributed by atoms with Crippen LogP contribution in [0.15, 0.2) is 12.3 Å². The highest BCUT2D eigenvalue weighted by Gasteiger charge is 2.24. The molecule has 82 valence electrons. The minimum atomic E-state index is -0.361. The minimum Gasteiger partial charge on any atom is -0.464 e. The van der Waals surface area contributed by atoms with E-state index in [4.69, 9.17) is 0 Å². The Morgan fingerprint density at radius 3 is 3.00 bits per heavy atom. The van der Waals surface area contributed by atoms with Gasteiger partial charge < -0.3 is 4.74 Å². The lowest BCUT2D eigenvalue weighted by atomic mass is 10.1. The van der Waals surface area contributed by atoms with E-state index in [-0.39, 0.29) is 5.97 Å². The molecule has 0 amide bonds. The van der Waals surface area contributed by atoms with Gasteiger partial charge in [-0.05, 0) is 31.2 Å². The van der Waals surface area contributed by atoms with Gasteiger partial charge in [0.15, 0.2) is 5.69 Å². The second-order valence-electron chi connectivity index (χ2n) is 4.24. The van der Waals surface area contributed by atoms with E-state index in [9.17, 15) is 4.79 Å². The zero-order chi connectivity index (χ0) is 10.8. The quantitative estimate of drug-likeness (QED) is 0.698. The Hall–Kier alpha value is -1.32. The van der Waals surface area contributed by atoms with E-state index in [0.717, 1.165) is 18.8 Å². The summed E-state index contributed by atoms with van der Waals surface area (Å²) in [6, 6.07) is 2.17. The Morgan fingerprint density at radius 2 is 2.40 bits per heavy atom. The molecule has 1 fully saturated rings. The van der Waals surface area contributed by atoms with Crippen LogP contribution in [0.4, 0.5) is 0 Å². The molecule has 0 saturated heterocycles. The molecule has 2 rings (SSSR count). The average molecular weight is 208 g/mol. The van der Waals surface area contributed by atoms with Gasteiger partial charge in [0.1, 0.15) is 0 Å². The van der Waals surface area contributed by atoms with Crippen LogP contribution in [0.25, 0.3) is 0 Å². The van der Waals surface area contributed by atoms with Crippen molar-refractivity contribution in [3.8, 4) is 0 Å². The van der Waals surface area contributed by atoms with Crippen LogP contribution >= 0.6 is 0 Å². The number of ether oxygens (including phenoxy) is 1. The van der Waals surface area contributed by atoms with Gasteiger partial charge in [0.25, 0.3) is 0 Å². The third-order valence-electron chi connectivity index (χ3n) is 3.04. The Balaban J connectivity index is 2.10. The summed E-state index contributed by atoms with van der Waals surface area (Å²) in [6.07, 6.45) is 5.43. The van der Waals surface area contributed by atoms with Crippen molar-refractivity contribution in [3.63, 3.8) is 0 Å². The van der Waals surface area contributed by atoms with Crippen LogP contribution in [0.5, 0.6) is 0 Å². The zero-order valence-corrected chi connectivity index (χ0v) is 9.14. The van der Waals surface area contributed by atoms with Crippen LogP contribution < -0.4 is 0 Å². The van der Waals surface area contributed by atoms with Gasteiger partial charge in [-0.2, -0.15) is 5.10 Å². The Labute approximate surface area is 89.2 Å². The van der Waals surface area contributed by atoms with Crippen LogP contribution in [-0.2, 0) is 4.74 Å². The molecule has 1 saturated carbocycles. The number of aromatic nitrogens is 2. The number of esters is 1. The number of carbonyl (C=O) groups is 1. The Kier molecular flexibility index (Phi) is 2.75. The number of hydrogen-bond donors (Lipinski definition) is 0. The topological polar surface area (TPSA) is 44.1 Å². The van der Waals surface area contributed by atoms with Crippen molar-refractivity contribution >= 4 is 5.97 Å². The lowest BCUT2D eigenvalue weighted by molar-refractivity contribution is 0.0592. The van der Waals surface area contributed by atoms with Gasteiger partial charge in [0.2, 0.25) is 0 Å². The highest BCUT2D eigenvalue weighted by Crippen LogP contribution is 2.33. The molecule has 4 nitrogen and oxygen atoms in total. The second-order valence-corrected chi connectivity index (χ2v) is 4.24. The molecule has 1 aliphatic rings. The smallest absolute Gasteiger partial charge is 0.358 e. The second kappa shape index (κ2) is 4.04. The maximum absolute atomic E-state index is 11.2. The molecule has 0 radical (unpaired) electrons. The molecular formula is C11H16N2O2. The molecule has 0 N–H and O–H groups in total. The minimum absolute atomic E-state index is 0.361. The fourth-order valence-corrected chi connectivity index (χ4v) is 2.17. The van der Waals surface area contributed by atoms with Crippen molar-refractivity contribution in [2.45, 2.75) is 32.2 Å². The summed E-state index contributed by atoms with van der Waals surface area (Å²) in [5, 5.41) is 4.24. The largest absolute Gasteiger partial charge is 0.464 e. The molecule has 1 aromatic rings. The molecule has 0 aliphatic heterocycles. The summed E-state index contributed by atoms with van der Waals surface area (Å²) in [4.78, 5) is 11.2. The molecule has 0 aromatic carbocycles. The predicted molar refractivity (Wildman–Crippen MR) is 55.6 cm³/mol. The zero-order valence-electron chi connectivity index (χ0n) is 9.14. The standard InChI is InChI=1S/C11H16N2O2/c1-8-3-4-9(7-8)13-6-5-10(12-13)11(14)15-2/h5-6,8-9H,3-4,7H2,1-2H3. The first-order valence-electron chi connectivity index (χ1n) is 5.34. The summed E-state index contributed by atoms with van der Waals surface area (Å²) < 4.78 is 6.52. The summed E-state index contributed by atoms with van der Waals surface area (Å²) in [7, 11) is 1.37. The summed E-state index contributed by atoms with van der Waals surface area (Å²) in [5.74, 6) is 0.403. The van der Waals surface area contributed by atoms with Crippen molar-refractivity contribution < 1.29 is 9.53 Å². The number of nitrogens with zero attached hydrogens (tertiary/aromatic N) is 2. The number of rotatable bonds is 2. The lowest BCUT2D eigenvalue weighted by Gasteiger charge is -2.09. The Bertz CT molecular complexity index is 359.